The van der Waals surface area contributed by atoms with E-state index >= 15 is 0 Å². The second-order valence-corrected chi connectivity index (χ2v) is 5.97. The molecule has 0 aromatic heterocycles. The van der Waals surface area contributed by atoms with Gasteiger partial charge in [-0.3, -0.25) is 9.59 Å². The summed E-state index contributed by atoms with van der Waals surface area (Å²) in [5, 5.41) is 2.83. The molecule has 0 aliphatic carbocycles. The molecular weight excluding hydrogens is 254 g/mol. The highest BCUT2D eigenvalue weighted by Gasteiger charge is 2.17. The molecule has 5 heteroatoms. The number of nitrogens with one attached hydrogen (secondary N) is 1. The molecule has 3 N–H and O–H groups in total. The summed E-state index contributed by atoms with van der Waals surface area (Å²) in [6.45, 7) is 5.77. The monoisotopic (exact) mass is 277 g/mol. The number of hydrogen-bond acceptors (Lipinski definition) is 3. The van der Waals surface area contributed by atoms with Gasteiger partial charge in [0.05, 0.1) is 13.0 Å². The lowest BCUT2D eigenvalue weighted by Gasteiger charge is -2.23. The quantitative estimate of drug-likeness (QED) is 0.812. The number of amides is 2. The number of carbonyl (C=O) groups is 2. The molecule has 0 unspecified atom stereocenters. The fourth-order valence-corrected chi connectivity index (χ4v) is 1.71. The Morgan fingerprint density at radius 1 is 1.20 bits per heavy atom. The third-order valence-corrected chi connectivity index (χ3v) is 2.66. The summed E-state index contributed by atoms with van der Waals surface area (Å²) in [7, 11) is 1.63. The molecule has 1 aromatic carbocycles. The Bertz CT molecular complexity index is 475. The van der Waals surface area contributed by atoms with Crippen molar-refractivity contribution in [1.29, 1.82) is 0 Å². The van der Waals surface area contributed by atoms with E-state index in [-0.39, 0.29) is 30.3 Å². The first-order chi connectivity index (χ1) is 9.17. The van der Waals surface area contributed by atoms with Gasteiger partial charge >= 0.3 is 0 Å². The molecule has 0 atom stereocenters. The van der Waals surface area contributed by atoms with Crippen LogP contribution in [0.3, 0.4) is 0 Å². The highest BCUT2D eigenvalue weighted by atomic mass is 16.2. The summed E-state index contributed by atoms with van der Waals surface area (Å²) in [5.74, 6) is -0.260. The second-order valence-electron chi connectivity index (χ2n) is 5.97. The molecule has 0 fully saturated rings. The average Bonchev–Trinajstić information content (AvgIpc) is 2.29. The third kappa shape index (κ3) is 5.73. The average molecular weight is 277 g/mol. The van der Waals surface area contributed by atoms with Gasteiger partial charge in [-0.2, -0.15) is 0 Å². The molecule has 0 radical (unpaired) electrons. The first-order valence-electron chi connectivity index (χ1n) is 6.57. The van der Waals surface area contributed by atoms with Crippen LogP contribution in [0, 0.1) is 0 Å². The zero-order valence-corrected chi connectivity index (χ0v) is 12.6. The van der Waals surface area contributed by atoms with Gasteiger partial charge in [-0.05, 0) is 38.5 Å². The van der Waals surface area contributed by atoms with E-state index in [4.69, 9.17) is 5.73 Å². The summed E-state index contributed by atoms with van der Waals surface area (Å²) >= 11 is 0. The standard InChI is InChI=1S/C15H23N3O2/c1-15(2,3)17-13(19)10-18(4)14(20)9-11-5-7-12(16)8-6-11/h5-8H,9-10,16H2,1-4H3,(H,17,19). The lowest BCUT2D eigenvalue weighted by atomic mass is 10.1. The normalized spacial score (nSPS) is 11.0. The molecule has 20 heavy (non-hydrogen) atoms. The van der Waals surface area contributed by atoms with Crippen molar-refractivity contribution in [3.8, 4) is 0 Å². The molecule has 0 saturated heterocycles. The minimum absolute atomic E-state index is 0.0606. The SMILES string of the molecule is CN(CC(=O)NC(C)(C)C)C(=O)Cc1ccc(N)cc1. The topological polar surface area (TPSA) is 75.4 Å². The molecule has 0 heterocycles. The van der Waals surface area contributed by atoms with Crippen molar-refractivity contribution >= 4 is 17.5 Å². The van der Waals surface area contributed by atoms with Crippen LogP contribution in [0.5, 0.6) is 0 Å². The van der Waals surface area contributed by atoms with Crippen LogP contribution >= 0.6 is 0 Å². The lowest BCUT2D eigenvalue weighted by molar-refractivity contribution is -0.134. The van der Waals surface area contributed by atoms with Crippen molar-refractivity contribution < 1.29 is 9.59 Å². The molecular formula is C15H23N3O2. The number of nitrogen functional groups attached to an aromatic ring is 1. The molecule has 5 nitrogen and oxygen atoms in total. The summed E-state index contributed by atoms with van der Waals surface area (Å²) in [5.41, 5.74) is 6.85. The van der Waals surface area contributed by atoms with Gasteiger partial charge in [-0.1, -0.05) is 12.1 Å². The van der Waals surface area contributed by atoms with E-state index in [1.807, 2.05) is 32.9 Å². The van der Waals surface area contributed by atoms with Crippen molar-refractivity contribution in [1.82, 2.24) is 10.2 Å². The highest BCUT2D eigenvalue weighted by molar-refractivity contribution is 5.85. The Kier molecular flexibility index (Phi) is 5.13. The van der Waals surface area contributed by atoms with Crippen molar-refractivity contribution in [2.24, 2.45) is 0 Å². The zero-order valence-electron chi connectivity index (χ0n) is 12.6. The van der Waals surface area contributed by atoms with E-state index in [0.29, 0.717) is 5.69 Å². The van der Waals surface area contributed by atoms with Crippen LogP contribution in [-0.2, 0) is 16.0 Å². The predicted molar refractivity (Wildman–Crippen MR) is 80.1 cm³/mol. The first kappa shape index (κ1) is 16.0. The fraction of sp³-hybridized carbons (Fsp3) is 0.467. The Hall–Kier alpha value is -2.04. The van der Waals surface area contributed by atoms with Crippen molar-refractivity contribution in [3.63, 3.8) is 0 Å². The molecule has 0 spiro atoms. The van der Waals surface area contributed by atoms with E-state index in [2.05, 4.69) is 5.32 Å². The number of likely N-dealkylation sites (N-methyl/N-ethyl adjacent to an activating group) is 1. The second kappa shape index (κ2) is 6.41. The number of hydrogen-bond donors (Lipinski definition) is 2. The number of rotatable bonds is 4. The van der Waals surface area contributed by atoms with Crippen LogP contribution in [0.1, 0.15) is 26.3 Å². The summed E-state index contributed by atoms with van der Waals surface area (Å²) in [4.78, 5) is 25.2. The maximum Gasteiger partial charge on any atom is 0.240 e. The van der Waals surface area contributed by atoms with Crippen LogP contribution in [0.4, 0.5) is 5.69 Å². The van der Waals surface area contributed by atoms with Crippen LogP contribution in [0.25, 0.3) is 0 Å². The van der Waals surface area contributed by atoms with E-state index < -0.39 is 0 Å². The van der Waals surface area contributed by atoms with Crippen LogP contribution < -0.4 is 11.1 Å². The summed E-state index contributed by atoms with van der Waals surface area (Å²) < 4.78 is 0. The van der Waals surface area contributed by atoms with Gasteiger partial charge < -0.3 is 16.0 Å². The minimum Gasteiger partial charge on any atom is -0.399 e. The fourth-order valence-electron chi connectivity index (χ4n) is 1.71. The zero-order chi connectivity index (χ0) is 15.3. The molecule has 1 rings (SSSR count). The van der Waals surface area contributed by atoms with Crippen LogP contribution in [-0.4, -0.2) is 35.8 Å². The maximum atomic E-state index is 12.0. The van der Waals surface area contributed by atoms with Crippen molar-refractivity contribution in [3.05, 3.63) is 29.8 Å². The molecule has 2 amide bonds. The van der Waals surface area contributed by atoms with Gasteiger partial charge in [-0.15, -0.1) is 0 Å². The Morgan fingerprint density at radius 2 is 1.75 bits per heavy atom. The Morgan fingerprint density at radius 3 is 2.25 bits per heavy atom. The maximum absolute atomic E-state index is 12.0. The molecule has 0 saturated carbocycles. The molecule has 0 bridgehead atoms. The van der Waals surface area contributed by atoms with E-state index in [9.17, 15) is 9.59 Å². The first-order valence-corrected chi connectivity index (χ1v) is 6.57. The number of anilines is 1. The Labute approximate surface area is 120 Å². The van der Waals surface area contributed by atoms with Gasteiger partial charge in [-0.25, -0.2) is 0 Å². The largest absolute Gasteiger partial charge is 0.399 e. The number of carbonyl (C=O) groups excluding carboxylic acids is 2. The van der Waals surface area contributed by atoms with Crippen LogP contribution in [0.2, 0.25) is 0 Å². The predicted octanol–water partition coefficient (Wildman–Crippen LogP) is 1.18. The minimum atomic E-state index is -0.294. The van der Waals surface area contributed by atoms with Crippen molar-refractivity contribution in [2.45, 2.75) is 32.7 Å². The number of nitrogens with zero attached hydrogens (tertiary/aromatic N) is 1. The molecule has 110 valence electrons. The molecule has 0 aliphatic heterocycles. The van der Waals surface area contributed by atoms with Gasteiger partial charge in [0, 0.05) is 18.3 Å². The van der Waals surface area contributed by atoms with Gasteiger partial charge in [0.25, 0.3) is 0 Å². The third-order valence-electron chi connectivity index (χ3n) is 2.66. The van der Waals surface area contributed by atoms with Crippen LogP contribution in [0.15, 0.2) is 24.3 Å². The summed E-state index contributed by atoms with van der Waals surface area (Å²) in [6, 6.07) is 7.15. The smallest absolute Gasteiger partial charge is 0.240 e. The van der Waals surface area contributed by atoms with Gasteiger partial charge in [0.15, 0.2) is 0 Å². The summed E-state index contributed by atoms with van der Waals surface area (Å²) in [6.07, 6.45) is 0.263. The van der Waals surface area contributed by atoms with E-state index in [1.165, 1.54) is 4.90 Å². The Balaban J connectivity index is 2.51. The van der Waals surface area contributed by atoms with Gasteiger partial charge in [0.2, 0.25) is 11.8 Å². The lowest BCUT2D eigenvalue weighted by Crippen LogP contribution is -2.46. The van der Waals surface area contributed by atoms with Crippen molar-refractivity contribution in [2.75, 3.05) is 19.3 Å². The molecule has 0 aliphatic rings. The highest BCUT2D eigenvalue weighted by Crippen LogP contribution is 2.07. The number of nitrogens with two attached hydrogens (primary N) is 1. The van der Waals surface area contributed by atoms with E-state index in [0.717, 1.165) is 5.56 Å². The van der Waals surface area contributed by atoms with E-state index in [1.54, 1.807) is 19.2 Å². The van der Waals surface area contributed by atoms with Gasteiger partial charge in [0.1, 0.15) is 0 Å². The molecule has 1 aromatic rings. The number of benzene rings is 1.